The molecule has 126 valence electrons. The van der Waals surface area contributed by atoms with Gasteiger partial charge in [-0.2, -0.15) is 0 Å². The van der Waals surface area contributed by atoms with Gasteiger partial charge in [0.25, 0.3) is 0 Å². The molecular formula is C18H26N2O3. The van der Waals surface area contributed by atoms with E-state index < -0.39 is 6.10 Å². The number of piperazine rings is 1. The first kappa shape index (κ1) is 16.3. The zero-order chi connectivity index (χ0) is 16.2. The molecule has 3 rings (SSSR count). The number of fused-ring (bicyclic) bond motifs is 1. The standard InChI is InChI=1S/C18H26N2O3/c1-14(12-20-9-7-19(2)8-10-20)16(21)5-3-15-4-6-17-18(11-15)23-13-22-17/h3-6,11,14,16,21H,7-10,12-13H2,1-2H3/b5-3+. The molecule has 23 heavy (non-hydrogen) atoms. The molecule has 1 aromatic carbocycles. The van der Waals surface area contributed by atoms with E-state index in [1.165, 1.54) is 0 Å². The Morgan fingerprint density at radius 2 is 1.91 bits per heavy atom. The molecule has 0 aromatic heterocycles. The third kappa shape index (κ3) is 4.25. The van der Waals surface area contributed by atoms with Gasteiger partial charge in [0.1, 0.15) is 0 Å². The van der Waals surface area contributed by atoms with E-state index in [0.717, 1.165) is 49.8 Å². The molecule has 2 unspecified atom stereocenters. The maximum absolute atomic E-state index is 10.4. The van der Waals surface area contributed by atoms with Gasteiger partial charge < -0.3 is 24.4 Å². The summed E-state index contributed by atoms with van der Waals surface area (Å²) in [7, 11) is 2.16. The predicted molar refractivity (Wildman–Crippen MR) is 90.7 cm³/mol. The van der Waals surface area contributed by atoms with E-state index in [-0.39, 0.29) is 12.7 Å². The number of likely N-dealkylation sites (N-methyl/N-ethyl adjacent to an activating group) is 1. The molecular weight excluding hydrogens is 292 g/mol. The van der Waals surface area contributed by atoms with Crippen LogP contribution in [0.25, 0.3) is 6.08 Å². The van der Waals surface area contributed by atoms with Crippen LogP contribution in [0.1, 0.15) is 12.5 Å². The SMILES string of the molecule is CC(CN1CCN(C)CC1)C(O)/C=C/c1ccc2c(c1)OCO2. The molecule has 2 aliphatic rings. The van der Waals surface area contributed by atoms with Crippen LogP contribution in [0.2, 0.25) is 0 Å². The molecule has 1 saturated heterocycles. The Labute approximate surface area is 138 Å². The first-order chi connectivity index (χ1) is 11.1. The van der Waals surface area contributed by atoms with Gasteiger partial charge in [0.2, 0.25) is 6.79 Å². The van der Waals surface area contributed by atoms with E-state index in [9.17, 15) is 5.11 Å². The summed E-state index contributed by atoms with van der Waals surface area (Å²) < 4.78 is 10.7. The van der Waals surface area contributed by atoms with Crippen molar-refractivity contribution in [1.29, 1.82) is 0 Å². The Kier molecular flexibility index (Phi) is 5.20. The second kappa shape index (κ2) is 7.34. The molecule has 0 aliphatic carbocycles. The summed E-state index contributed by atoms with van der Waals surface area (Å²) in [5.74, 6) is 1.77. The van der Waals surface area contributed by atoms with Crippen molar-refractivity contribution in [3.05, 3.63) is 29.8 Å². The van der Waals surface area contributed by atoms with Gasteiger partial charge in [-0.05, 0) is 30.7 Å². The number of aliphatic hydroxyl groups is 1. The lowest BCUT2D eigenvalue weighted by atomic mass is 10.0. The summed E-state index contributed by atoms with van der Waals surface area (Å²) in [5.41, 5.74) is 1.01. The number of nitrogens with zero attached hydrogens (tertiary/aromatic N) is 2. The molecule has 0 bridgehead atoms. The molecule has 2 atom stereocenters. The molecule has 0 radical (unpaired) electrons. The highest BCUT2D eigenvalue weighted by Crippen LogP contribution is 2.32. The second-order valence-corrected chi connectivity index (χ2v) is 6.54. The lowest BCUT2D eigenvalue weighted by molar-refractivity contribution is 0.0941. The quantitative estimate of drug-likeness (QED) is 0.895. The van der Waals surface area contributed by atoms with Gasteiger partial charge in [-0.15, -0.1) is 0 Å². The zero-order valence-corrected chi connectivity index (χ0v) is 13.9. The lowest BCUT2D eigenvalue weighted by Crippen LogP contribution is -2.46. The van der Waals surface area contributed by atoms with Crippen LogP contribution in [0.3, 0.4) is 0 Å². The van der Waals surface area contributed by atoms with E-state index >= 15 is 0 Å². The molecule has 1 aromatic rings. The van der Waals surface area contributed by atoms with Crippen LogP contribution in [-0.2, 0) is 0 Å². The number of ether oxygens (including phenoxy) is 2. The van der Waals surface area contributed by atoms with Crippen molar-refractivity contribution in [1.82, 2.24) is 9.80 Å². The number of rotatable bonds is 5. The average molecular weight is 318 g/mol. The Hall–Kier alpha value is -1.56. The van der Waals surface area contributed by atoms with Gasteiger partial charge in [-0.25, -0.2) is 0 Å². The van der Waals surface area contributed by atoms with Gasteiger partial charge >= 0.3 is 0 Å². The maximum atomic E-state index is 10.4. The van der Waals surface area contributed by atoms with Crippen LogP contribution in [-0.4, -0.2) is 67.6 Å². The van der Waals surface area contributed by atoms with Crippen molar-refractivity contribution in [2.75, 3.05) is 46.6 Å². The fraction of sp³-hybridized carbons (Fsp3) is 0.556. The van der Waals surface area contributed by atoms with E-state index in [2.05, 4.69) is 23.8 Å². The van der Waals surface area contributed by atoms with Crippen LogP contribution < -0.4 is 9.47 Å². The van der Waals surface area contributed by atoms with Crippen molar-refractivity contribution < 1.29 is 14.6 Å². The second-order valence-electron chi connectivity index (χ2n) is 6.54. The molecule has 5 heteroatoms. The summed E-state index contributed by atoms with van der Waals surface area (Å²) in [6.07, 6.45) is 3.38. The fourth-order valence-electron chi connectivity index (χ4n) is 2.96. The summed E-state index contributed by atoms with van der Waals surface area (Å²) >= 11 is 0. The van der Waals surface area contributed by atoms with Crippen molar-refractivity contribution >= 4 is 6.08 Å². The first-order valence-corrected chi connectivity index (χ1v) is 8.28. The Morgan fingerprint density at radius 1 is 1.17 bits per heavy atom. The number of benzene rings is 1. The predicted octanol–water partition coefficient (Wildman–Crippen LogP) is 1.67. The summed E-state index contributed by atoms with van der Waals surface area (Å²) in [4.78, 5) is 4.78. The molecule has 0 spiro atoms. The highest BCUT2D eigenvalue weighted by atomic mass is 16.7. The minimum Gasteiger partial charge on any atom is -0.454 e. The average Bonchev–Trinajstić information content (AvgIpc) is 3.02. The molecule has 0 saturated carbocycles. The van der Waals surface area contributed by atoms with Gasteiger partial charge in [-0.3, -0.25) is 0 Å². The van der Waals surface area contributed by atoms with Gasteiger partial charge in [0.05, 0.1) is 6.10 Å². The Morgan fingerprint density at radius 3 is 2.70 bits per heavy atom. The molecule has 0 amide bonds. The largest absolute Gasteiger partial charge is 0.454 e. The normalized spacial score (nSPS) is 21.7. The number of hydrogen-bond acceptors (Lipinski definition) is 5. The monoisotopic (exact) mass is 318 g/mol. The van der Waals surface area contributed by atoms with E-state index in [1.807, 2.05) is 30.4 Å². The number of hydrogen-bond donors (Lipinski definition) is 1. The summed E-state index contributed by atoms with van der Waals surface area (Å²) in [5, 5.41) is 10.4. The minimum absolute atomic E-state index is 0.212. The topological polar surface area (TPSA) is 45.2 Å². The van der Waals surface area contributed by atoms with E-state index in [1.54, 1.807) is 0 Å². The van der Waals surface area contributed by atoms with Crippen LogP contribution in [0.5, 0.6) is 11.5 Å². The van der Waals surface area contributed by atoms with Crippen molar-refractivity contribution in [3.63, 3.8) is 0 Å². The van der Waals surface area contributed by atoms with Crippen LogP contribution >= 0.6 is 0 Å². The van der Waals surface area contributed by atoms with Crippen molar-refractivity contribution in [2.24, 2.45) is 5.92 Å². The van der Waals surface area contributed by atoms with Gasteiger partial charge in [-0.1, -0.05) is 25.1 Å². The fourth-order valence-corrected chi connectivity index (χ4v) is 2.96. The van der Waals surface area contributed by atoms with Crippen LogP contribution in [0, 0.1) is 5.92 Å². The molecule has 2 heterocycles. The third-order valence-electron chi connectivity index (χ3n) is 4.61. The van der Waals surface area contributed by atoms with Gasteiger partial charge in [0, 0.05) is 32.7 Å². The smallest absolute Gasteiger partial charge is 0.231 e. The Bertz CT molecular complexity index is 553. The summed E-state index contributed by atoms with van der Waals surface area (Å²) in [6, 6.07) is 5.82. The highest BCUT2D eigenvalue weighted by Gasteiger charge is 2.19. The minimum atomic E-state index is -0.444. The molecule has 5 nitrogen and oxygen atoms in total. The van der Waals surface area contributed by atoms with E-state index in [0.29, 0.717) is 0 Å². The maximum Gasteiger partial charge on any atom is 0.231 e. The summed E-state index contributed by atoms with van der Waals surface area (Å²) in [6.45, 7) is 7.70. The van der Waals surface area contributed by atoms with Crippen molar-refractivity contribution in [3.8, 4) is 11.5 Å². The Balaban J connectivity index is 1.52. The van der Waals surface area contributed by atoms with Crippen molar-refractivity contribution in [2.45, 2.75) is 13.0 Å². The van der Waals surface area contributed by atoms with Crippen LogP contribution in [0.4, 0.5) is 0 Å². The third-order valence-corrected chi connectivity index (χ3v) is 4.61. The first-order valence-electron chi connectivity index (χ1n) is 8.28. The zero-order valence-electron chi connectivity index (χ0n) is 13.9. The molecule has 1 fully saturated rings. The van der Waals surface area contributed by atoms with Crippen LogP contribution in [0.15, 0.2) is 24.3 Å². The molecule has 2 aliphatic heterocycles. The lowest BCUT2D eigenvalue weighted by Gasteiger charge is -2.34. The van der Waals surface area contributed by atoms with Gasteiger partial charge in [0.15, 0.2) is 11.5 Å². The highest BCUT2D eigenvalue weighted by molar-refractivity contribution is 5.56. The number of aliphatic hydroxyl groups excluding tert-OH is 1. The molecule has 1 N–H and O–H groups in total. The van der Waals surface area contributed by atoms with E-state index in [4.69, 9.17) is 9.47 Å².